The maximum atomic E-state index is 7.46. The van der Waals surface area contributed by atoms with Gasteiger partial charge in [0.1, 0.15) is 0 Å². The molecule has 0 saturated heterocycles. The van der Waals surface area contributed by atoms with Gasteiger partial charge in [-0.3, -0.25) is 0 Å². The molecule has 30 valence electrons. The third-order valence-corrected chi connectivity index (χ3v) is 0. The first-order chi connectivity index (χ1) is 1.41. The minimum Gasteiger partial charge on any atom is -0.428 e. The van der Waals surface area contributed by atoms with Gasteiger partial charge in [0.25, 0.3) is 0 Å². The molecule has 0 aliphatic carbocycles. The topological polar surface area (TPSA) is 20.2 Å². The molecule has 0 aliphatic rings. The largest absolute Gasteiger partial charge is 1.00 e. The van der Waals surface area contributed by atoms with Gasteiger partial charge in [-0.2, -0.15) is 0 Å². The quantitative estimate of drug-likeness (QED) is 0.268. The molecule has 1 N–H and O–H groups in total. The van der Waals surface area contributed by atoms with E-state index in [0.29, 0.717) is 0 Å². The van der Waals surface area contributed by atoms with Crippen LogP contribution in [0.15, 0.2) is 0 Å². The van der Waals surface area contributed by atoms with E-state index in [-0.39, 0.29) is 52.7 Å². The number of aliphatic hydroxyl groups is 1. The third-order valence-electron chi connectivity index (χ3n) is 0. The Morgan fingerprint density at radius 3 is 1.60 bits per heavy atom. The maximum absolute atomic E-state index is 7.46. The summed E-state index contributed by atoms with van der Waals surface area (Å²) in [6.45, 7) is 3.04. The van der Waals surface area contributed by atoms with Crippen molar-refractivity contribution in [3.8, 4) is 0 Å². The number of hydrogen-bond donors (Lipinski definition) is 1. The van der Waals surface area contributed by atoms with Crippen LogP contribution in [0.4, 0.5) is 0 Å². The van der Waals surface area contributed by atoms with Gasteiger partial charge < -0.3 is 12.0 Å². The number of aliphatic hydroxyl groups excluding tert-OH is 1. The van der Waals surface area contributed by atoms with Crippen LogP contribution in [0.25, 0.3) is 0 Å². The van der Waals surface area contributed by atoms with Gasteiger partial charge >= 0.3 is 29.6 Å². The van der Waals surface area contributed by atoms with Crippen molar-refractivity contribution < 1.29 is 51.2 Å². The first-order valence-electron chi connectivity index (χ1n) is 0.816. The molecule has 0 fully saturated rings. The molecule has 0 unspecified atom stereocenters. The van der Waals surface area contributed by atoms with Crippen molar-refractivity contribution in [3.05, 3.63) is 6.92 Å². The molecule has 3 heteroatoms. The van der Waals surface area contributed by atoms with Gasteiger partial charge in [0.05, 0.1) is 0 Å². The summed E-state index contributed by atoms with van der Waals surface area (Å²) >= 11 is 0. The van der Waals surface area contributed by atoms with Crippen molar-refractivity contribution >= 4 is 0 Å². The van der Waals surface area contributed by atoms with Gasteiger partial charge in [-0.25, -0.2) is 0 Å². The predicted octanol–water partition coefficient (Wildman–Crippen LogP) is -3.19. The zero-order valence-electron chi connectivity index (χ0n) is 3.18. The van der Waals surface area contributed by atoms with Crippen molar-refractivity contribution in [2.24, 2.45) is 0 Å². The van der Waals surface area contributed by atoms with Crippen molar-refractivity contribution in [1.82, 2.24) is 0 Å². The minimum atomic E-state index is 0. The zero-order valence-corrected chi connectivity index (χ0v) is 6.17. The Hall–Kier alpha value is 1.45. The molecule has 0 radical (unpaired) electrons. The van der Waals surface area contributed by atoms with Crippen molar-refractivity contribution in [3.63, 3.8) is 0 Å². The van der Waals surface area contributed by atoms with Gasteiger partial charge in [0.2, 0.25) is 0 Å². The number of rotatable bonds is 0. The van der Waals surface area contributed by atoms with Crippen molar-refractivity contribution in [2.45, 2.75) is 0 Å². The molecule has 0 amide bonds. The van der Waals surface area contributed by atoms with Crippen molar-refractivity contribution in [2.75, 3.05) is 6.61 Å². The summed E-state index contributed by atoms with van der Waals surface area (Å²) in [6, 6.07) is 0. The first-order valence-corrected chi connectivity index (χ1v) is 0.816. The number of hydrogen-bond acceptors (Lipinski definition) is 1. The normalized spacial score (nSPS) is 3.60. The molecule has 0 aromatic carbocycles. The summed E-state index contributed by atoms with van der Waals surface area (Å²) in [5.74, 6) is 0. The van der Waals surface area contributed by atoms with E-state index in [4.69, 9.17) is 5.11 Å². The average molecular weight is 127 g/mol. The summed E-state index contributed by atoms with van der Waals surface area (Å²) < 4.78 is 0. The third kappa shape index (κ3) is 30.8. The van der Waals surface area contributed by atoms with Gasteiger partial charge in [0, 0.05) is 16.5 Å². The van der Waals surface area contributed by atoms with Crippen LogP contribution in [0.1, 0.15) is 0 Å². The molecular formula is C2H5NaNiO. The molecule has 1 nitrogen and oxygen atoms in total. The van der Waals surface area contributed by atoms with E-state index in [1.807, 2.05) is 0 Å². The first kappa shape index (κ1) is 16.1. The molecule has 0 bridgehead atoms. The van der Waals surface area contributed by atoms with Gasteiger partial charge in [-0.1, -0.05) is 6.61 Å². The summed E-state index contributed by atoms with van der Waals surface area (Å²) in [5, 5.41) is 7.46. The SMILES string of the molecule is [CH2-]CO.[Na+].[Ni]. The van der Waals surface area contributed by atoms with Crippen molar-refractivity contribution in [1.29, 1.82) is 0 Å². The Morgan fingerprint density at radius 1 is 1.60 bits per heavy atom. The molecule has 0 saturated carbocycles. The fraction of sp³-hybridized carbons (Fsp3) is 0.500. The van der Waals surface area contributed by atoms with Crippen LogP contribution in [0.2, 0.25) is 0 Å². The van der Waals surface area contributed by atoms with E-state index in [1.54, 1.807) is 0 Å². The van der Waals surface area contributed by atoms with Crippen LogP contribution in [-0.4, -0.2) is 11.7 Å². The molecule has 0 rings (SSSR count). The Labute approximate surface area is 64.4 Å². The summed E-state index contributed by atoms with van der Waals surface area (Å²) in [7, 11) is 0. The molecular weight excluding hydrogens is 122 g/mol. The van der Waals surface area contributed by atoms with Crippen LogP contribution in [-0.2, 0) is 16.5 Å². The summed E-state index contributed by atoms with van der Waals surface area (Å²) in [4.78, 5) is 0. The Balaban J connectivity index is -0.0000000200. The summed E-state index contributed by atoms with van der Waals surface area (Å²) in [5.41, 5.74) is 0. The van der Waals surface area contributed by atoms with E-state index >= 15 is 0 Å². The van der Waals surface area contributed by atoms with Crippen LogP contribution < -0.4 is 29.6 Å². The fourth-order valence-corrected chi connectivity index (χ4v) is 0. The van der Waals surface area contributed by atoms with Crippen LogP contribution in [0.3, 0.4) is 0 Å². The minimum absolute atomic E-state index is 0. The monoisotopic (exact) mass is 126 g/mol. The Morgan fingerprint density at radius 2 is 1.60 bits per heavy atom. The zero-order chi connectivity index (χ0) is 2.71. The average Bonchev–Trinajstić information content (AvgIpc) is 0.918. The fourth-order valence-electron chi connectivity index (χ4n) is 0. The molecule has 0 aromatic heterocycles. The second-order valence-corrected chi connectivity index (χ2v) is 0.224. The molecule has 0 spiro atoms. The van der Waals surface area contributed by atoms with Gasteiger partial charge in [-0.15, -0.1) is 0 Å². The summed E-state index contributed by atoms with van der Waals surface area (Å²) in [6.07, 6.45) is 0. The Bertz CT molecular complexity index is 9.61. The second kappa shape index (κ2) is 18.0. The van der Waals surface area contributed by atoms with Crippen LogP contribution >= 0.6 is 0 Å². The standard InChI is InChI=1S/C2H5O.Na.Ni/c1-2-3;;/h3H,1-2H2;;/q-1;+1;. The maximum Gasteiger partial charge on any atom is 1.00 e. The molecule has 0 aliphatic heterocycles. The predicted molar refractivity (Wildman–Crippen MR) is 12.4 cm³/mol. The second-order valence-electron chi connectivity index (χ2n) is 0.224. The molecule has 5 heavy (non-hydrogen) atoms. The smallest absolute Gasteiger partial charge is 0.428 e. The van der Waals surface area contributed by atoms with E-state index in [0.717, 1.165) is 0 Å². The van der Waals surface area contributed by atoms with E-state index < -0.39 is 0 Å². The molecule has 0 atom stereocenters. The van der Waals surface area contributed by atoms with Gasteiger partial charge in [0.15, 0.2) is 0 Å². The van der Waals surface area contributed by atoms with E-state index in [1.165, 1.54) is 0 Å². The Kier molecular flexibility index (Phi) is 57.8. The van der Waals surface area contributed by atoms with Gasteiger partial charge in [-0.05, 0) is 0 Å². The molecule has 0 aromatic rings. The van der Waals surface area contributed by atoms with E-state index in [9.17, 15) is 0 Å². The van der Waals surface area contributed by atoms with Crippen LogP contribution in [0.5, 0.6) is 0 Å². The van der Waals surface area contributed by atoms with Crippen LogP contribution in [0, 0.1) is 6.92 Å². The van der Waals surface area contributed by atoms with E-state index in [2.05, 4.69) is 6.92 Å². The molecule has 0 heterocycles.